The summed E-state index contributed by atoms with van der Waals surface area (Å²) in [5.74, 6) is 1.90. The average Bonchev–Trinajstić information content (AvgIpc) is 2.93. The lowest BCUT2D eigenvalue weighted by molar-refractivity contribution is 0.117. The van der Waals surface area contributed by atoms with E-state index in [1.165, 1.54) is 5.56 Å². The third-order valence-electron chi connectivity index (χ3n) is 4.11. The molecule has 2 aromatic rings. The maximum Gasteiger partial charge on any atom is 0.193 e. The van der Waals surface area contributed by atoms with Crippen molar-refractivity contribution >= 4 is 11.6 Å². The molecule has 0 unspecified atom stereocenters. The molecule has 3 rings (SSSR count). The van der Waals surface area contributed by atoms with Crippen molar-refractivity contribution in [2.24, 2.45) is 10.7 Å². The summed E-state index contributed by atoms with van der Waals surface area (Å²) in [5, 5.41) is 3.10. The number of benzene rings is 2. The molecule has 0 fully saturated rings. The molecular formula is C21H27N3O3. The van der Waals surface area contributed by atoms with E-state index in [0.29, 0.717) is 32.3 Å². The Kier molecular flexibility index (Phi) is 7.35. The van der Waals surface area contributed by atoms with E-state index in [4.69, 9.17) is 19.9 Å². The zero-order valence-electron chi connectivity index (χ0n) is 15.5. The number of hydrogen-bond donors (Lipinski definition) is 2. The number of anilines is 1. The van der Waals surface area contributed by atoms with E-state index < -0.39 is 0 Å². The molecule has 1 aliphatic heterocycles. The first-order valence-electron chi connectivity index (χ1n) is 9.39. The molecule has 0 radical (unpaired) electrons. The molecule has 0 spiro atoms. The quantitative estimate of drug-likeness (QED) is 0.422. The highest BCUT2D eigenvalue weighted by molar-refractivity contribution is 5.92. The van der Waals surface area contributed by atoms with Gasteiger partial charge in [-0.1, -0.05) is 30.3 Å². The zero-order valence-corrected chi connectivity index (χ0v) is 15.5. The van der Waals surface area contributed by atoms with Crippen molar-refractivity contribution < 1.29 is 14.2 Å². The van der Waals surface area contributed by atoms with E-state index in [1.54, 1.807) is 0 Å². The van der Waals surface area contributed by atoms with Crippen molar-refractivity contribution in [3.8, 4) is 11.5 Å². The van der Waals surface area contributed by atoms with Crippen molar-refractivity contribution in [3.05, 3.63) is 54.1 Å². The second kappa shape index (κ2) is 10.4. The molecule has 0 amide bonds. The number of hydrogen-bond acceptors (Lipinski definition) is 4. The first-order valence-corrected chi connectivity index (χ1v) is 9.39. The summed E-state index contributed by atoms with van der Waals surface area (Å²) in [5.41, 5.74) is 8.00. The molecule has 0 aliphatic carbocycles. The second-order valence-corrected chi connectivity index (χ2v) is 6.35. The van der Waals surface area contributed by atoms with Crippen LogP contribution in [-0.4, -0.2) is 32.3 Å². The lowest BCUT2D eigenvalue weighted by Crippen LogP contribution is -2.22. The van der Waals surface area contributed by atoms with Gasteiger partial charge in [0.05, 0.1) is 19.8 Å². The standard InChI is InChI=1S/C21H27N3O3/c22-21(23-11-4-5-12-25-16-17-7-2-1-3-8-17)24-18-9-10-19-20(15-18)27-14-6-13-26-19/h1-3,7-10,15H,4-6,11-14,16H2,(H3,22,23,24). The van der Waals surface area contributed by atoms with E-state index in [9.17, 15) is 0 Å². The van der Waals surface area contributed by atoms with Crippen molar-refractivity contribution in [1.82, 2.24) is 0 Å². The minimum atomic E-state index is 0.398. The highest BCUT2D eigenvalue weighted by Gasteiger charge is 2.10. The fraction of sp³-hybridized carbons (Fsp3) is 0.381. The normalized spacial score (nSPS) is 13.9. The summed E-state index contributed by atoms with van der Waals surface area (Å²) < 4.78 is 17.0. The predicted octanol–water partition coefficient (Wildman–Crippen LogP) is 3.57. The topological polar surface area (TPSA) is 78.1 Å². The van der Waals surface area contributed by atoms with E-state index >= 15 is 0 Å². The van der Waals surface area contributed by atoms with Gasteiger partial charge in [-0.3, -0.25) is 4.99 Å². The van der Waals surface area contributed by atoms with Crippen LogP contribution in [0.25, 0.3) is 0 Å². The largest absolute Gasteiger partial charge is 0.490 e. The Balaban J connectivity index is 1.34. The number of fused-ring (bicyclic) bond motifs is 1. The number of ether oxygens (including phenoxy) is 3. The minimum Gasteiger partial charge on any atom is -0.490 e. The number of nitrogens with two attached hydrogens (primary N) is 1. The van der Waals surface area contributed by atoms with Gasteiger partial charge in [0.2, 0.25) is 0 Å². The third kappa shape index (κ3) is 6.49. The van der Waals surface area contributed by atoms with E-state index in [0.717, 1.165) is 43.1 Å². The Morgan fingerprint density at radius 3 is 2.70 bits per heavy atom. The molecule has 1 aliphatic rings. The summed E-state index contributed by atoms with van der Waals surface area (Å²) in [6, 6.07) is 15.9. The Labute approximate surface area is 160 Å². The van der Waals surface area contributed by atoms with Crippen LogP contribution in [0.5, 0.6) is 11.5 Å². The molecule has 1 heterocycles. The van der Waals surface area contributed by atoms with Crippen LogP contribution in [0.1, 0.15) is 24.8 Å². The summed E-state index contributed by atoms with van der Waals surface area (Å²) in [6.07, 6.45) is 2.77. The minimum absolute atomic E-state index is 0.398. The molecular weight excluding hydrogens is 342 g/mol. The average molecular weight is 369 g/mol. The van der Waals surface area contributed by atoms with Gasteiger partial charge >= 0.3 is 0 Å². The molecule has 3 N–H and O–H groups in total. The highest BCUT2D eigenvalue weighted by Crippen LogP contribution is 2.32. The van der Waals surface area contributed by atoms with Gasteiger partial charge in [0.15, 0.2) is 17.5 Å². The monoisotopic (exact) mass is 369 g/mol. The van der Waals surface area contributed by atoms with Gasteiger partial charge in [-0.05, 0) is 30.5 Å². The number of aliphatic imine (C=N–C) groups is 1. The predicted molar refractivity (Wildman–Crippen MR) is 107 cm³/mol. The first-order chi connectivity index (χ1) is 13.3. The van der Waals surface area contributed by atoms with Gasteiger partial charge in [0, 0.05) is 31.3 Å². The number of unbranched alkanes of at least 4 members (excludes halogenated alkanes) is 1. The molecule has 0 saturated carbocycles. The van der Waals surface area contributed by atoms with Crippen molar-refractivity contribution in [1.29, 1.82) is 0 Å². The third-order valence-corrected chi connectivity index (χ3v) is 4.11. The number of guanidine groups is 1. The lowest BCUT2D eigenvalue weighted by atomic mass is 10.2. The maximum atomic E-state index is 5.97. The van der Waals surface area contributed by atoms with Gasteiger partial charge in [-0.15, -0.1) is 0 Å². The lowest BCUT2D eigenvalue weighted by Gasteiger charge is -2.10. The van der Waals surface area contributed by atoms with E-state index in [1.807, 2.05) is 36.4 Å². The van der Waals surface area contributed by atoms with Gasteiger partial charge in [0.25, 0.3) is 0 Å². The zero-order chi connectivity index (χ0) is 18.7. The first kappa shape index (κ1) is 19.0. The molecule has 27 heavy (non-hydrogen) atoms. The van der Waals surface area contributed by atoms with Crippen LogP contribution in [0.2, 0.25) is 0 Å². The van der Waals surface area contributed by atoms with Crippen LogP contribution >= 0.6 is 0 Å². The molecule has 0 aromatic heterocycles. The van der Waals surface area contributed by atoms with Crippen LogP contribution in [0, 0.1) is 0 Å². The smallest absolute Gasteiger partial charge is 0.193 e. The highest BCUT2D eigenvalue weighted by atomic mass is 16.5. The Morgan fingerprint density at radius 1 is 1.04 bits per heavy atom. The van der Waals surface area contributed by atoms with Gasteiger partial charge in [0.1, 0.15) is 0 Å². The fourth-order valence-corrected chi connectivity index (χ4v) is 2.71. The molecule has 0 atom stereocenters. The van der Waals surface area contributed by atoms with Gasteiger partial charge in [-0.2, -0.15) is 0 Å². The van der Waals surface area contributed by atoms with E-state index in [2.05, 4.69) is 22.4 Å². The summed E-state index contributed by atoms with van der Waals surface area (Å²) in [4.78, 5) is 4.36. The Hall–Kier alpha value is -2.73. The Bertz CT molecular complexity index is 735. The molecule has 0 bridgehead atoms. The summed E-state index contributed by atoms with van der Waals surface area (Å²) in [6.45, 7) is 3.38. The summed E-state index contributed by atoms with van der Waals surface area (Å²) in [7, 11) is 0. The number of nitrogens with one attached hydrogen (secondary N) is 1. The number of nitrogens with zero attached hydrogens (tertiary/aromatic N) is 1. The second-order valence-electron chi connectivity index (χ2n) is 6.35. The van der Waals surface area contributed by atoms with Crippen molar-refractivity contribution in [2.75, 3.05) is 31.7 Å². The maximum absolute atomic E-state index is 5.97. The van der Waals surface area contributed by atoms with Crippen LogP contribution in [-0.2, 0) is 11.3 Å². The molecule has 144 valence electrons. The van der Waals surface area contributed by atoms with Crippen LogP contribution in [0.15, 0.2) is 53.5 Å². The Morgan fingerprint density at radius 2 is 1.85 bits per heavy atom. The van der Waals surface area contributed by atoms with Crippen molar-refractivity contribution in [3.63, 3.8) is 0 Å². The molecule has 6 heteroatoms. The number of rotatable bonds is 8. The van der Waals surface area contributed by atoms with E-state index in [-0.39, 0.29) is 0 Å². The van der Waals surface area contributed by atoms with Gasteiger partial charge in [-0.25, -0.2) is 0 Å². The molecule has 0 saturated heterocycles. The van der Waals surface area contributed by atoms with Crippen LogP contribution in [0.3, 0.4) is 0 Å². The van der Waals surface area contributed by atoms with Crippen LogP contribution < -0.4 is 20.5 Å². The molecule has 6 nitrogen and oxygen atoms in total. The van der Waals surface area contributed by atoms with Gasteiger partial charge < -0.3 is 25.3 Å². The molecule has 2 aromatic carbocycles. The van der Waals surface area contributed by atoms with Crippen molar-refractivity contribution in [2.45, 2.75) is 25.9 Å². The SMILES string of the molecule is NC(=NCCCCOCc1ccccc1)Nc1ccc2c(c1)OCCCO2. The van der Waals surface area contributed by atoms with Crippen LogP contribution in [0.4, 0.5) is 5.69 Å². The summed E-state index contributed by atoms with van der Waals surface area (Å²) >= 11 is 0. The fourth-order valence-electron chi connectivity index (χ4n) is 2.71.